The molecule has 0 fully saturated rings. The van der Waals surface area contributed by atoms with Gasteiger partial charge in [0.1, 0.15) is 11.6 Å². The van der Waals surface area contributed by atoms with Gasteiger partial charge in [0.25, 0.3) is 0 Å². The molecule has 0 radical (unpaired) electrons. The molecule has 0 aliphatic carbocycles. The van der Waals surface area contributed by atoms with Gasteiger partial charge < -0.3 is 4.74 Å². The Morgan fingerprint density at radius 1 is 1.05 bits per heavy atom. The first-order valence-electron chi connectivity index (χ1n) is 6.33. The fourth-order valence-corrected chi connectivity index (χ4v) is 2.50. The zero-order chi connectivity index (χ0) is 14.7. The first-order chi connectivity index (χ1) is 9.49. The van der Waals surface area contributed by atoms with Crippen LogP contribution in [0.4, 0.5) is 4.39 Å². The van der Waals surface area contributed by atoms with Crippen LogP contribution in [0.15, 0.2) is 42.5 Å². The minimum absolute atomic E-state index is 0.0648. The monoisotopic (exact) mass is 312 g/mol. The van der Waals surface area contributed by atoms with Crippen molar-refractivity contribution in [1.82, 2.24) is 0 Å². The van der Waals surface area contributed by atoms with Gasteiger partial charge in [0.2, 0.25) is 0 Å². The zero-order valence-corrected chi connectivity index (χ0v) is 12.8. The van der Waals surface area contributed by atoms with E-state index < -0.39 is 11.2 Å². The van der Waals surface area contributed by atoms with Crippen LogP contribution in [-0.2, 0) is 0 Å². The maximum absolute atomic E-state index is 13.5. The summed E-state index contributed by atoms with van der Waals surface area (Å²) < 4.78 is 19.0. The molecule has 0 saturated carbocycles. The fourth-order valence-electron chi connectivity index (χ4n) is 1.88. The first kappa shape index (κ1) is 15.1. The summed E-state index contributed by atoms with van der Waals surface area (Å²) >= 11 is 12.3. The molecule has 0 saturated heterocycles. The summed E-state index contributed by atoms with van der Waals surface area (Å²) in [7, 11) is 0. The number of benzene rings is 2. The number of ether oxygens (including phenoxy) is 1. The van der Waals surface area contributed by atoms with Crippen LogP contribution in [0, 0.1) is 5.82 Å². The van der Waals surface area contributed by atoms with Gasteiger partial charge in [-0.05, 0) is 43.2 Å². The molecular formula is C16H15Cl2FO. The van der Waals surface area contributed by atoms with Crippen LogP contribution in [0.25, 0.3) is 0 Å². The molecule has 0 N–H and O–H groups in total. The summed E-state index contributed by atoms with van der Waals surface area (Å²) in [6.07, 6.45) is 0.116. The van der Waals surface area contributed by atoms with Gasteiger partial charge in [-0.3, -0.25) is 0 Å². The van der Waals surface area contributed by atoms with E-state index in [4.69, 9.17) is 27.9 Å². The third kappa shape index (κ3) is 3.44. The highest BCUT2D eigenvalue weighted by Gasteiger charge is 2.16. The average molecular weight is 313 g/mol. The number of halogens is 3. The van der Waals surface area contributed by atoms with Crippen LogP contribution in [0.2, 0.25) is 5.02 Å². The Morgan fingerprint density at radius 3 is 2.30 bits per heavy atom. The van der Waals surface area contributed by atoms with Crippen LogP contribution in [-0.4, -0.2) is 6.10 Å². The maximum atomic E-state index is 13.5. The van der Waals surface area contributed by atoms with E-state index >= 15 is 0 Å². The summed E-state index contributed by atoms with van der Waals surface area (Å²) in [6.45, 7) is 3.93. The molecule has 0 aliphatic rings. The standard InChI is InChI=1S/C16H15Cl2FO/c1-10(2)20-12-8-6-11(7-9-12)15(17)13-4-3-5-14(19)16(13)18/h3-10,15H,1-2H3. The van der Waals surface area contributed by atoms with Gasteiger partial charge in [-0.25, -0.2) is 4.39 Å². The van der Waals surface area contributed by atoms with Crippen molar-refractivity contribution in [2.45, 2.75) is 25.3 Å². The highest BCUT2D eigenvalue weighted by atomic mass is 35.5. The maximum Gasteiger partial charge on any atom is 0.142 e. The Labute approximate surface area is 128 Å². The number of alkyl halides is 1. The Bertz CT molecular complexity index is 582. The number of rotatable bonds is 4. The Balaban J connectivity index is 2.25. The van der Waals surface area contributed by atoms with E-state index in [1.54, 1.807) is 12.1 Å². The molecule has 0 aliphatic heterocycles. The first-order valence-corrected chi connectivity index (χ1v) is 7.15. The topological polar surface area (TPSA) is 9.23 Å². The Morgan fingerprint density at radius 2 is 1.70 bits per heavy atom. The third-order valence-corrected chi connectivity index (χ3v) is 3.68. The summed E-state index contributed by atoms with van der Waals surface area (Å²) in [4.78, 5) is 0. The lowest BCUT2D eigenvalue weighted by Gasteiger charge is -2.14. The lowest BCUT2D eigenvalue weighted by molar-refractivity contribution is 0.242. The second kappa shape index (κ2) is 6.47. The van der Waals surface area contributed by atoms with Crippen molar-refractivity contribution in [2.75, 3.05) is 0 Å². The predicted octanol–water partition coefficient (Wildman–Crippen LogP) is 5.59. The van der Waals surface area contributed by atoms with E-state index in [1.807, 2.05) is 38.1 Å². The Kier molecular flexibility index (Phi) is 4.90. The predicted molar refractivity (Wildman–Crippen MR) is 81.3 cm³/mol. The van der Waals surface area contributed by atoms with Gasteiger partial charge in [0, 0.05) is 0 Å². The highest BCUT2D eigenvalue weighted by molar-refractivity contribution is 6.33. The zero-order valence-electron chi connectivity index (χ0n) is 11.2. The van der Waals surface area contributed by atoms with Gasteiger partial charge in [0.15, 0.2) is 0 Å². The average Bonchev–Trinajstić information content (AvgIpc) is 2.41. The molecule has 1 atom stereocenters. The van der Waals surface area contributed by atoms with E-state index in [9.17, 15) is 4.39 Å². The van der Waals surface area contributed by atoms with E-state index in [1.165, 1.54) is 6.07 Å². The summed E-state index contributed by atoms with van der Waals surface area (Å²) in [5, 5.41) is -0.429. The van der Waals surface area contributed by atoms with E-state index in [0.29, 0.717) is 5.56 Å². The molecule has 106 valence electrons. The minimum Gasteiger partial charge on any atom is -0.491 e. The van der Waals surface area contributed by atoms with E-state index in [0.717, 1.165) is 11.3 Å². The lowest BCUT2D eigenvalue weighted by atomic mass is 10.0. The molecule has 1 unspecified atom stereocenters. The number of hydrogen-bond donors (Lipinski definition) is 0. The van der Waals surface area contributed by atoms with E-state index in [-0.39, 0.29) is 11.1 Å². The molecule has 1 nitrogen and oxygen atoms in total. The second-order valence-electron chi connectivity index (χ2n) is 4.74. The van der Waals surface area contributed by atoms with Gasteiger partial charge in [-0.15, -0.1) is 11.6 Å². The largest absolute Gasteiger partial charge is 0.491 e. The molecule has 20 heavy (non-hydrogen) atoms. The summed E-state index contributed by atoms with van der Waals surface area (Å²) in [5.74, 6) is 0.313. The summed E-state index contributed by atoms with van der Waals surface area (Å²) in [6, 6.07) is 12.0. The molecule has 0 aromatic heterocycles. The van der Waals surface area contributed by atoms with Crippen LogP contribution in [0.3, 0.4) is 0 Å². The second-order valence-corrected chi connectivity index (χ2v) is 5.56. The van der Waals surface area contributed by atoms with Crippen LogP contribution < -0.4 is 4.74 Å². The van der Waals surface area contributed by atoms with Crippen molar-refractivity contribution in [3.05, 3.63) is 64.4 Å². The molecule has 4 heteroatoms. The van der Waals surface area contributed by atoms with Crippen molar-refractivity contribution in [2.24, 2.45) is 0 Å². The number of hydrogen-bond acceptors (Lipinski definition) is 1. The third-order valence-electron chi connectivity index (χ3n) is 2.80. The van der Waals surface area contributed by atoms with E-state index in [2.05, 4.69) is 0 Å². The quantitative estimate of drug-likeness (QED) is 0.668. The molecular weight excluding hydrogens is 298 g/mol. The molecule has 0 bridgehead atoms. The summed E-state index contributed by atoms with van der Waals surface area (Å²) in [5.41, 5.74) is 1.40. The highest BCUT2D eigenvalue weighted by Crippen LogP contribution is 2.35. The van der Waals surface area contributed by atoms with Crippen molar-refractivity contribution in [3.8, 4) is 5.75 Å². The molecule has 0 amide bonds. The van der Waals surface area contributed by atoms with Gasteiger partial charge in [-0.2, -0.15) is 0 Å². The molecule has 0 heterocycles. The smallest absolute Gasteiger partial charge is 0.142 e. The lowest BCUT2D eigenvalue weighted by Crippen LogP contribution is -2.05. The molecule has 2 aromatic carbocycles. The van der Waals surface area contributed by atoms with Crippen LogP contribution >= 0.6 is 23.2 Å². The van der Waals surface area contributed by atoms with Crippen molar-refractivity contribution in [1.29, 1.82) is 0 Å². The fraction of sp³-hybridized carbons (Fsp3) is 0.250. The molecule has 2 aromatic rings. The van der Waals surface area contributed by atoms with Crippen molar-refractivity contribution < 1.29 is 9.13 Å². The normalized spacial score (nSPS) is 12.5. The van der Waals surface area contributed by atoms with Crippen LogP contribution in [0.5, 0.6) is 5.75 Å². The van der Waals surface area contributed by atoms with Crippen LogP contribution in [0.1, 0.15) is 30.4 Å². The van der Waals surface area contributed by atoms with Crippen molar-refractivity contribution >= 4 is 23.2 Å². The minimum atomic E-state index is -0.494. The van der Waals surface area contributed by atoms with Gasteiger partial charge in [0.05, 0.1) is 16.5 Å². The SMILES string of the molecule is CC(C)Oc1ccc(C(Cl)c2cccc(F)c2Cl)cc1. The van der Waals surface area contributed by atoms with Gasteiger partial charge >= 0.3 is 0 Å². The Hall–Kier alpha value is -1.25. The van der Waals surface area contributed by atoms with Crippen molar-refractivity contribution in [3.63, 3.8) is 0 Å². The molecule has 0 spiro atoms. The van der Waals surface area contributed by atoms with Gasteiger partial charge in [-0.1, -0.05) is 35.9 Å². The molecule has 2 rings (SSSR count).